The maximum absolute atomic E-state index is 14.0. The Bertz CT molecular complexity index is 2080. The monoisotopic (exact) mass is 676 g/mol. The summed E-state index contributed by atoms with van der Waals surface area (Å²) in [6.07, 6.45) is 0.711. The Kier molecular flexibility index (Phi) is 9.26. The molecule has 2 aliphatic heterocycles. The van der Waals surface area contributed by atoms with E-state index in [1.54, 1.807) is 48.5 Å². The largest absolute Gasteiger partial charge is 0.387 e. The van der Waals surface area contributed by atoms with Gasteiger partial charge in [-0.1, -0.05) is 126 Å². The molecule has 9 nitrogen and oxygen atoms in total. The van der Waals surface area contributed by atoms with Crippen molar-refractivity contribution in [2.24, 2.45) is 10.9 Å². The van der Waals surface area contributed by atoms with Gasteiger partial charge in [0, 0.05) is 47.6 Å². The molecule has 1 fully saturated rings. The van der Waals surface area contributed by atoms with Crippen molar-refractivity contribution in [3.8, 4) is 0 Å². The van der Waals surface area contributed by atoms with E-state index in [-0.39, 0.29) is 48.1 Å². The Morgan fingerprint density at radius 3 is 2.04 bits per heavy atom. The third-order valence-electron chi connectivity index (χ3n) is 9.54. The van der Waals surface area contributed by atoms with Gasteiger partial charge in [0.15, 0.2) is 11.4 Å². The lowest BCUT2D eigenvalue weighted by Crippen LogP contribution is -2.44. The van der Waals surface area contributed by atoms with Crippen LogP contribution in [0, 0.1) is 0 Å². The molecule has 1 unspecified atom stereocenters. The average molecular weight is 677 g/mol. The number of carbonyl (C=O) groups is 4. The van der Waals surface area contributed by atoms with Gasteiger partial charge in [-0.05, 0) is 29.3 Å². The van der Waals surface area contributed by atoms with Crippen LogP contribution in [0.5, 0.6) is 0 Å². The van der Waals surface area contributed by atoms with E-state index in [9.17, 15) is 19.2 Å². The highest BCUT2D eigenvalue weighted by Gasteiger charge is 2.53. The molecule has 254 valence electrons. The summed E-state index contributed by atoms with van der Waals surface area (Å²) in [6.45, 7) is 0.0527. The molecule has 1 spiro atoms. The number of nitrogens with one attached hydrogen (secondary N) is 1. The van der Waals surface area contributed by atoms with E-state index in [1.165, 1.54) is 4.90 Å². The van der Waals surface area contributed by atoms with Crippen molar-refractivity contribution < 1.29 is 24.0 Å². The number of primary amides is 1. The van der Waals surface area contributed by atoms with Crippen LogP contribution in [-0.4, -0.2) is 52.3 Å². The molecule has 0 bridgehead atoms. The lowest BCUT2D eigenvalue weighted by Gasteiger charge is -2.24. The lowest BCUT2D eigenvalue weighted by molar-refractivity contribution is -0.122. The molecule has 51 heavy (non-hydrogen) atoms. The summed E-state index contributed by atoms with van der Waals surface area (Å²) in [5.41, 5.74) is 9.79. The quantitative estimate of drug-likeness (QED) is 0.167. The number of hydrogen-bond acceptors (Lipinski definition) is 6. The molecular formula is C42H36N4O5. The fraction of sp³-hybridized carbons (Fsp3) is 0.167. The molecule has 7 rings (SSSR count). The molecule has 0 radical (unpaired) electrons. The predicted octanol–water partition coefficient (Wildman–Crippen LogP) is 6.34. The van der Waals surface area contributed by atoms with E-state index < -0.39 is 23.5 Å². The third kappa shape index (κ3) is 7.05. The van der Waals surface area contributed by atoms with Crippen molar-refractivity contribution in [1.82, 2.24) is 4.90 Å². The van der Waals surface area contributed by atoms with Crippen LogP contribution < -0.4 is 11.1 Å². The van der Waals surface area contributed by atoms with Gasteiger partial charge in [0.25, 0.3) is 5.91 Å². The Balaban J connectivity index is 1.06. The third-order valence-corrected chi connectivity index (χ3v) is 9.54. The first-order valence-corrected chi connectivity index (χ1v) is 16.8. The topological polar surface area (TPSA) is 131 Å². The molecule has 5 aromatic carbocycles. The van der Waals surface area contributed by atoms with Crippen LogP contribution in [0.15, 0.2) is 145 Å². The van der Waals surface area contributed by atoms with Crippen LogP contribution in [-0.2, 0) is 14.4 Å². The molecule has 2 atom stereocenters. The van der Waals surface area contributed by atoms with Crippen molar-refractivity contribution >= 4 is 34.9 Å². The molecule has 1 saturated heterocycles. The standard InChI is InChI=1S/C42H36N4O5/c43-40(49)37-26-42(27-46(37)41(50)34-22-11-10-21-33(34)39(48)30-17-8-3-9-18-30)25-36(45-51-42)31-19-12-20-32(23-31)44-38(47)24-35(28-13-4-1-5-14-28)29-15-6-2-7-16-29/h1-23,35,37H,24-27H2,(H2,43,49)(H,44,47)/t37-,42?/m1/s1. The smallest absolute Gasteiger partial charge is 0.255 e. The van der Waals surface area contributed by atoms with Gasteiger partial charge in [0.05, 0.1) is 17.8 Å². The van der Waals surface area contributed by atoms with Crippen LogP contribution in [0.3, 0.4) is 0 Å². The summed E-state index contributed by atoms with van der Waals surface area (Å²) in [7, 11) is 0. The molecule has 3 amide bonds. The molecule has 0 aromatic heterocycles. The van der Waals surface area contributed by atoms with Crippen molar-refractivity contribution in [2.45, 2.75) is 36.8 Å². The number of hydrogen-bond donors (Lipinski definition) is 2. The summed E-state index contributed by atoms with van der Waals surface area (Å²) < 4.78 is 0. The number of ketones is 1. The van der Waals surface area contributed by atoms with Gasteiger partial charge >= 0.3 is 0 Å². The van der Waals surface area contributed by atoms with Crippen molar-refractivity contribution in [2.75, 3.05) is 11.9 Å². The number of carbonyl (C=O) groups excluding carboxylic acids is 4. The van der Waals surface area contributed by atoms with Gasteiger partial charge < -0.3 is 20.8 Å². The number of benzene rings is 5. The Hall–Kier alpha value is -6.35. The Morgan fingerprint density at radius 1 is 0.784 bits per heavy atom. The molecule has 0 aliphatic carbocycles. The highest BCUT2D eigenvalue weighted by Crippen LogP contribution is 2.40. The van der Waals surface area contributed by atoms with Gasteiger partial charge in [0.2, 0.25) is 11.8 Å². The van der Waals surface area contributed by atoms with E-state index in [0.29, 0.717) is 23.4 Å². The number of likely N-dealkylation sites (tertiary alicyclic amines) is 1. The number of anilines is 1. The average Bonchev–Trinajstić information content (AvgIpc) is 3.78. The number of amides is 3. The zero-order valence-electron chi connectivity index (χ0n) is 27.8. The van der Waals surface area contributed by atoms with Crippen LogP contribution in [0.1, 0.15) is 68.2 Å². The minimum Gasteiger partial charge on any atom is -0.387 e. The van der Waals surface area contributed by atoms with E-state index >= 15 is 0 Å². The van der Waals surface area contributed by atoms with E-state index in [1.807, 2.05) is 91.0 Å². The maximum Gasteiger partial charge on any atom is 0.255 e. The Morgan fingerprint density at radius 2 is 1.39 bits per heavy atom. The predicted molar refractivity (Wildman–Crippen MR) is 194 cm³/mol. The minimum atomic E-state index is -0.985. The zero-order chi connectivity index (χ0) is 35.4. The number of rotatable bonds is 10. The summed E-state index contributed by atoms with van der Waals surface area (Å²) in [4.78, 5) is 61.0. The lowest BCUT2D eigenvalue weighted by atomic mass is 9.88. The number of nitrogens with zero attached hydrogens (tertiary/aromatic N) is 2. The molecule has 9 heteroatoms. The summed E-state index contributed by atoms with van der Waals surface area (Å²) >= 11 is 0. The molecule has 2 heterocycles. The molecule has 0 saturated carbocycles. The SMILES string of the molecule is NC(=O)[C@H]1CC2(CC(c3cccc(NC(=O)CC(c4ccccc4)c4ccccc4)c3)=NO2)CN1C(=O)c1ccccc1C(=O)c1ccccc1. The first-order valence-electron chi connectivity index (χ1n) is 16.8. The first-order chi connectivity index (χ1) is 24.8. The van der Waals surface area contributed by atoms with Crippen LogP contribution in [0.25, 0.3) is 0 Å². The second-order valence-electron chi connectivity index (χ2n) is 13.0. The normalized spacial score (nSPS) is 17.9. The molecular weight excluding hydrogens is 640 g/mol. The van der Waals surface area contributed by atoms with E-state index in [4.69, 9.17) is 10.6 Å². The van der Waals surface area contributed by atoms with Crippen molar-refractivity contribution in [3.63, 3.8) is 0 Å². The highest BCUT2D eigenvalue weighted by atomic mass is 16.7. The van der Waals surface area contributed by atoms with E-state index in [0.717, 1.165) is 16.7 Å². The van der Waals surface area contributed by atoms with Crippen molar-refractivity contribution in [3.05, 3.63) is 173 Å². The van der Waals surface area contributed by atoms with Crippen LogP contribution in [0.4, 0.5) is 5.69 Å². The molecule has 2 aliphatic rings. The van der Waals surface area contributed by atoms with Gasteiger partial charge in [-0.25, -0.2) is 0 Å². The van der Waals surface area contributed by atoms with Gasteiger partial charge in [-0.2, -0.15) is 0 Å². The zero-order valence-corrected chi connectivity index (χ0v) is 27.8. The fourth-order valence-corrected chi connectivity index (χ4v) is 7.03. The van der Waals surface area contributed by atoms with Gasteiger partial charge in [-0.15, -0.1) is 0 Å². The minimum absolute atomic E-state index is 0.0527. The fourth-order valence-electron chi connectivity index (χ4n) is 7.03. The molecule has 3 N–H and O–H groups in total. The van der Waals surface area contributed by atoms with Crippen LogP contribution in [0.2, 0.25) is 0 Å². The molecule has 5 aromatic rings. The summed E-state index contributed by atoms with van der Waals surface area (Å²) in [5, 5.41) is 7.44. The summed E-state index contributed by atoms with van der Waals surface area (Å²) in [5.74, 6) is -1.70. The Labute approximate surface area is 295 Å². The highest BCUT2D eigenvalue weighted by molar-refractivity contribution is 6.15. The second kappa shape index (κ2) is 14.2. The van der Waals surface area contributed by atoms with Gasteiger partial charge in [-0.3, -0.25) is 19.2 Å². The number of oxime groups is 1. The maximum atomic E-state index is 14.0. The number of nitrogens with two attached hydrogens (primary N) is 1. The van der Waals surface area contributed by atoms with Crippen molar-refractivity contribution in [1.29, 1.82) is 0 Å². The second-order valence-corrected chi connectivity index (χ2v) is 13.0. The first kappa shape index (κ1) is 33.2. The van der Waals surface area contributed by atoms with Gasteiger partial charge in [0.1, 0.15) is 6.04 Å². The van der Waals surface area contributed by atoms with Crippen LogP contribution >= 0.6 is 0 Å². The summed E-state index contributed by atoms with van der Waals surface area (Å²) in [6, 6.07) is 41.6. The van der Waals surface area contributed by atoms with E-state index in [2.05, 4.69) is 10.5 Å².